The molecule has 0 aliphatic carbocycles. The minimum atomic E-state index is -0.650. The van der Waals surface area contributed by atoms with Crippen LogP contribution in [0.5, 0.6) is 5.88 Å². The van der Waals surface area contributed by atoms with Crippen LogP contribution in [0, 0.1) is 13.8 Å². The molecule has 0 saturated heterocycles. The number of hydrogen-bond donors (Lipinski definition) is 4. The first-order valence-corrected chi connectivity index (χ1v) is 10.0. The first-order chi connectivity index (χ1) is 14.5. The molecular weight excluding hydrogens is 380 g/mol. The van der Waals surface area contributed by atoms with Crippen LogP contribution in [0.3, 0.4) is 0 Å². The average Bonchev–Trinajstić information content (AvgIpc) is 3.10. The molecule has 7 heteroatoms. The third kappa shape index (κ3) is 2.70. The molecule has 0 spiro atoms. The summed E-state index contributed by atoms with van der Waals surface area (Å²) < 4.78 is 1.20. The molecule has 0 radical (unpaired) electrons. The van der Waals surface area contributed by atoms with Gasteiger partial charge in [-0.1, -0.05) is 30.3 Å². The molecule has 30 heavy (non-hydrogen) atoms. The lowest BCUT2D eigenvalue weighted by Gasteiger charge is -2.22. The minimum absolute atomic E-state index is 0.183. The van der Waals surface area contributed by atoms with E-state index in [4.69, 9.17) is 0 Å². The molecule has 7 nitrogen and oxygen atoms in total. The van der Waals surface area contributed by atoms with Crippen molar-refractivity contribution in [2.75, 3.05) is 6.54 Å². The number of benzene rings is 2. The monoisotopic (exact) mass is 403 g/mol. The first-order valence-electron chi connectivity index (χ1n) is 10.0. The highest BCUT2D eigenvalue weighted by Crippen LogP contribution is 2.32. The van der Waals surface area contributed by atoms with Gasteiger partial charge in [0.25, 0.3) is 5.56 Å². The highest BCUT2D eigenvalue weighted by atomic mass is 16.3. The van der Waals surface area contributed by atoms with Crippen LogP contribution in [0.2, 0.25) is 0 Å². The maximum absolute atomic E-state index is 12.9. The fourth-order valence-corrected chi connectivity index (χ4v) is 4.53. The summed E-state index contributed by atoms with van der Waals surface area (Å²) in [5, 5.41) is 14.3. The van der Waals surface area contributed by atoms with Crippen molar-refractivity contribution in [3.05, 3.63) is 91.3 Å². The molecule has 1 aliphatic rings. The summed E-state index contributed by atoms with van der Waals surface area (Å²) in [6, 6.07) is 13.3. The van der Waals surface area contributed by atoms with E-state index >= 15 is 0 Å². The maximum Gasteiger partial charge on any atom is 0.335 e. The molecule has 1 atom stereocenters. The molecule has 152 valence electrons. The van der Waals surface area contributed by atoms with Gasteiger partial charge in [-0.25, -0.2) is 9.36 Å². The van der Waals surface area contributed by atoms with Gasteiger partial charge in [0.15, 0.2) is 6.04 Å². The number of rotatable bonds is 2. The molecule has 4 aromatic rings. The summed E-state index contributed by atoms with van der Waals surface area (Å²) in [5.74, 6) is -0.315. The third-order valence-electron chi connectivity index (χ3n) is 5.99. The second-order valence-corrected chi connectivity index (χ2v) is 7.94. The highest BCUT2D eigenvalue weighted by molar-refractivity contribution is 5.85. The van der Waals surface area contributed by atoms with Crippen molar-refractivity contribution in [3.8, 4) is 11.6 Å². The molecule has 2 aromatic heterocycles. The predicted octanol–water partition coefficient (Wildman–Crippen LogP) is 1.54. The van der Waals surface area contributed by atoms with Crippen molar-refractivity contribution in [2.45, 2.75) is 26.3 Å². The number of hydrogen-bond acceptors (Lipinski definition) is 3. The number of aromatic nitrogens is 3. The van der Waals surface area contributed by atoms with E-state index in [1.54, 1.807) is 0 Å². The lowest BCUT2D eigenvalue weighted by Crippen LogP contribution is -2.87. The van der Waals surface area contributed by atoms with E-state index in [2.05, 4.69) is 16.0 Å². The number of fused-ring (bicyclic) bond motifs is 3. The highest BCUT2D eigenvalue weighted by Gasteiger charge is 2.34. The van der Waals surface area contributed by atoms with Gasteiger partial charge < -0.3 is 15.4 Å². The van der Waals surface area contributed by atoms with Crippen molar-refractivity contribution >= 4 is 10.9 Å². The van der Waals surface area contributed by atoms with Crippen molar-refractivity contribution in [3.63, 3.8) is 0 Å². The van der Waals surface area contributed by atoms with Crippen molar-refractivity contribution < 1.29 is 10.4 Å². The average molecular weight is 403 g/mol. The van der Waals surface area contributed by atoms with Crippen LogP contribution in [-0.2, 0) is 6.42 Å². The smallest absolute Gasteiger partial charge is 0.335 e. The standard InChI is InChI=1S/C23H22N4O3/c1-12-7-8-13(2)17(11-12)27-22(29)18(21(28)26-23(27)30)20-19-15(9-10-24-20)14-5-3-4-6-16(14)25-19/h3-8,11,20,24-25,29H,9-10H2,1-2H3,(H,26,28,30)/p+1/t20-/m1/s1. The van der Waals surface area contributed by atoms with Gasteiger partial charge in [-0.2, -0.15) is 0 Å². The predicted molar refractivity (Wildman–Crippen MR) is 114 cm³/mol. The number of H-pyrrole nitrogens is 2. The number of aryl methyl sites for hydroxylation is 2. The van der Waals surface area contributed by atoms with Gasteiger partial charge in [0.05, 0.1) is 17.9 Å². The molecule has 5 rings (SSSR count). The van der Waals surface area contributed by atoms with E-state index in [0.717, 1.165) is 46.3 Å². The zero-order valence-corrected chi connectivity index (χ0v) is 16.8. The summed E-state index contributed by atoms with van der Waals surface area (Å²) >= 11 is 0. The van der Waals surface area contributed by atoms with Crippen LogP contribution in [-0.4, -0.2) is 26.2 Å². The number of aromatic hydroxyl groups is 1. The fourth-order valence-electron chi connectivity index (χ4n) is 4.53. The fraction of sp³-hybridized carbons (Fsp3) is 0.217. The van der Waals surface area contributed by atoms with Gasteiger partial charge in [0, 0.05) is 17.3 Å². The number of nitrogens with one attached hydrogen (secondary N) is 2. The van der Waals surface area contributed by atoms with Gasteiger partial charge in [0.1, 0.15) is 5.56 Å². The maximum atomic E-state index is 12.9. The van der Waals surface area contributed by atoms with E-state index < -0.39 is 17.3 Å². The van der Waals surface area contributed by atoms with Crippen LogP contribution in [0.1, 0.15) is 34.0 Å². The normalized spacial score (nSPS) is 16.0. The van der Waals surface area contributed by atoms with E-state index in [1.165, 1.54) is 4.57 Å². The van der Waals surface area contributed by atoms with Gasteiger partial charge >= 0.3 is 5.69 Å². The Hall–Kier alpha value is -3.58. The van der Waals surface area contributed by atoms with E-state index in [1.807, 2.05) is 55.6 Å². The lowest BCUT2D eigenvalue weighted by atomic mass is 9.95. The molecule has 5 N–H and O–H groups in total. The van der Waals surface area contributed by atoms with Crippen LogP contribution in [0.4, 0.5) is 0 Å². The Labute approximate surface area is 172 Å². The largest absolute Gasteiger partial charge is 0.494 e. The Kier molecular flexibility index (Phi) is 4.15. The summed E-state index contributed by atoms with van der Waals surface area (Å²) in [6.45, 7) is 4.57. The Morgan fingerprint density at radius 1 is 1.10 bits per heavy atom. The van der Waals surface area contributed by atoms with E-state index in [9.17, 15) is 14.7 Å². The summed E-state index contributed by atoms with van der Waals surface area (Å²) in [5.41, 5.74) is 4.37. The van der Waals surface area contributed by atoms with Crippen molar-refractivity contribution in [1.82, 2.24) is 14.5 Å². The van der Waals surface area contributed by atoms with Gasteiger partial charge in [0.2, 0.25) is 5.88 Å². The number of para-hydroxylation sites is 1. The zero-order chi connectivity index (χ0) is 21.0. The molecule has 0 bridgehead atoms. The SMILES string of the molecule is Cc1ccc(C)c(-n2c(O)c([C@H]3[NH2+]CCc4c3[nH]c3ccccc43)c(=O)[nH]c2=O)c1. The van der Waals surface area contributed by atoms with E-state index in [0.29, 0.717) is 5.69 Å². The van der Waals surface area contributed by atoms with Crippen LogP contribution >= 0.6 is 0 Å². The third-order valence-corrected chi connectivity index (χ3v) is 5.99. The topological polar surface area (TPSA) is 107 Å². The summed E-state index contributed by atoms with van der Waals surface area (Å²) in [6.07, 6.45) is 0.866. The van der Waals surface area contributed by atoms with Crippen molar-refractivity contribution in [1.29, 1.82) is 0 Å². The lowest BCUT2D eigenvalue weighted by molar-refractivity contribution is -0.690. The zero-order valence-electron chi connectivity index (χ0n) is 16.8. The molecular formula is C23H23N4O3+. The van der Waals surface area contributed by atoms with Gasteiger partial charge in [-0.15, -0.1) is 0 Å². The molecule has 0 amide bonds. The second-order valence-electron chi connectivity index (χ2n) is 7.94. The number of nitrogens with two attached hydrogens (primary N) is 1. The number of aromatic amines is 2. The quantitative estimate of drug-likeness (QED) is 0.408. The van der Waals surface area contributed by atoms with Crippen molar-refractivity contribution in [2.24, 2.45) is 0 Å². The van der Waals surface area contributed by atoms with Crippen LogP contribution in [0.25, 0.3) is 16.6 Å². The second kappa shape index (κ2) is 6.74. The van der Waals surface area contributed by atoms with Crippen LogP contribution < -0.4 is 16.6 Å². The Balaban J connectivity index is 1.77. The van der Waals surface area contributed by atoms with E-state index in [-0.39, 0.29) is 11.4 Å². The molecule has 0 unspecified atom stereocenters. The van der Waals surface area contributed by atoms with Crippen LogP contribution in [0.15, 0.2) is 52.1 Å². The first kappa shape index (κ1) is 18.4. The molecule has 2 aromatic carbocycles. The summed E-state index contributed by atoms with van der Waals surface area (Å²) in [7, 11) is 0. The minimum Gasteiger partial charge on any atom is -0.494 e. The number of nitrogens with zero attached hydrogens (tertiary/aromatic N) is 1. The Morgan fingerprint density at radius 3 is 2.73 bits per heavy atom. The molecule has 0 fully saturated rings. The van der Waals surface area contributed by atoms with Gasteiger partial charge in [-0.05, 0) is 42.7 Å². The molecule has 1 aliphatic heterocycles. The molecule has 0 saturated carbocycles. The summed E-state index contributed by atoms with van der Waals surface area (Å²) in [4.78, 5) is 31.4. The number of quaternary nitrogens is 1. The van der Waals surface area contributed by atoms with Gasteiger partial charge in [-0.3, -0.25) is 9.78 Å². The molecule has 3 heterocycles. The Morgan fingerprint density at radius 2 is 1.90 bits per heavy atom. The Bertz CT molecular complexity index is 1410.